The van der Waals surface area contributed by atoms with Crippen LogP contribution in [0.2, 0.25) is 0 Å². The van der Waals surface area contributed by atoms with E-state index in [1.165, 1.54) is 9.21 Å². The Kier molecular flexibility index (Phi) is 4.74. The fourth-order valence-electron chi connectivity index (χ4n) is 4.77. The van der Waals surface area contributed by atoms with E-state index in [0.29, 0.717) is 12.8 Å². The molecule has 0 aromatic heterocycles. The molecule has 2 bridgehead atoms. The van der Waals surface area contributed by atoms with Gasteiger partial charge in [-0.05, 0) is 44.2 Å². The first kappa shape index (κ1) is 19.4. The van der Waals surface area contributed by atoms with Gasteiger partial charge in [-0.1, -0.05) is 31.5 Å². The van der Waals surface area contributed by atoms with Crippen molar-refractivity contribution in [2.75, 3.05) is 6.61 Å². The Balaban J connectivity index is 1.61. The van der Waals surface area contributed by atoms with Crippen LogP contribution in [0.25, 0.3) is 0 Å². The summed E-state index contributed by atoms with van der Waals surface area (Å²) in [7, 11) is -3.68. The van der Waals surface area contributed by atoms with E-state index < -0.39 is 28.1 Å². The zero-order valence-corrected chi connectivity index (χ0v) is 17.2. The van der Waals surface area contributed by atoms with Gasteiger partial charge in [0.1, 0.15) is 6.61 Å². The van der Waals surface area contributed by atoms with Crippen molar-refractivity contribution in [2.45, 2.75) is 63.1 Å². The van der Waals surface area contributed by atoms with Crippen LogP contribution in [0.5, 0.6) is 0 Å². The van der Waals surface area contributed by atoms with Crippen LogP contribution >= 0.6 is 0 Å². The molecule has 3 saturated heterocycles. The number of hydrogen-bond acceptors (Lipinski definition) is 5. The van der Waals surface area contributed by atoms with Gasteiger partial charge in [0.15, 0.2) is 0 Å². The molecule has 0 radical (unpaired) electrons. The van der Waals surface area contributed by atoms with E-state index in [1.807, 2.05) is 20.8 Å². The lowest BCUT2D eigenvalue weighted by Gasteiger charge is -2.29. The standard InChI is InChI=1S/C20H26N2O5S/c1-12(2)18-11-27-20(24)21(18)19(23)16-10-14-6-9-17(16)22(14)28(25,26)15-7-4-13(3)5-8-15/h4-5,7-8,12,14,16-18H,6,9-11H2,1-3H3/t14-,16-,17+,18-/m1/s1. The van der Waals surface area contributed by atoms with Crippen LogP contribution < -0.4 is 0 Å². The molecule has 7 nitrogen and oxygen atoms in total. The number of imide groups is 1. The van der Waals surface area contributed by atoms with Gasteiger partial charge in [-0.2, -0.15) is 4.31 Å². The highest BCUT2D eigenvalue weighted by Crippen LogP contribution is 2.46. The van der Waals surface area contributed by atoms with Gasteiger partial charge in [0.25, 0.3) is 0 Å². The first-order valence-corrected chi connectivity index (χ1v) is 11.3. The molecule has 2 amide bonds. The molecule has 0 saturated carbocycles. The maximum atomic E-state index is 13.2. The van der Waals surface area contributed by atoms with Gasteiger partial charge in [0.05, 0.1) is 16.9 Å². The molecule has 152 valence electrons. The molecule has 4 atom stereocenters. The third kappa shape index (κ3) is 2.93. The molecule has 0 unspecified atom stereocenters. The number of aryl methyl sites for hydroxylation is 1. The molecule has 8 heteroatoms. The summed E-state index contributed by atoms with van der Waals surface area (Å²) in [6.07, 6.45) is 1.24. The minimum atomic E-state index is -3.68. The van der Waals surface area contributed by atoms with E-state index in [4.69, 9.17) is 4.74 Å². The van der Waals surface area contributed by atoms with Crippen molar-refractivity contribution in [1.29, 1.82) is 0 Å². The summed E-state index contributed by atoms with van der Waals surface area (Å²) in [6, 6.07) is 5.91. The van der Waals surface area contributed by atoms with Gasteiger partial charge in [0, 0.05) is 12.1 Å². The SMILES string of the molecule is Cc1ccc(S(=O)(=O)N2[C@@H]3CC[C@H]2[C@H](C(=O)N2C(=O)OC[C@@H]2C(C)C)C3)cc1. The monoisotopic (exact) mass is 406 g/mol. The molecule has 3 heterocycles. The number of rotatable bonds is 4. The quantitative estimate of drug-likeness (QED) is 0.767. The second-order valence-corrected chi connectivity index (χ2v) is 10.2. The normalized spacial score (nSPS) is 30.3. The summed E-state index contributed by atoms with van der Waals surface area (Å²) in [4.78, 5) is 26.9. The number of nitrogens with zero attached hydrogens (tertiary/aromatic N) is 2. The predicted octanol–water partition coefficient (Wildman–Crippen LogP) is 2.54. The summed E-state index contributed by atoms with van der Waals surface area (Å²) in [5.41, 5.74) is 0.990. The highest BCUT2D eigenvalue weighted by molar-refractivity contribution is 7.89. The van der Waals surface area contributed by atoms with E-state index >= 15 is 0 Å². The second kappa shape index (κ2) is 6.84. The number of ether oxygens (including phenoxy) is 1. The number of amides is 2. The minimum absolute atomic E-state index is 0.0846. The third-order valence-corrected chi connectivity index (χ3v) is 8.29. The Morgan fingerprint density at radius 2 is 1.86 bits per heavy atom. The second-order valence-electron chi connectivity index (χ2n) is 8.39. The van der Waals surface area contributed by atoms with Crippen molar-refractivity contribution in [1.82, 2.24) is 9.21 Å². The van der Waals surface area contributed by atoms with Crippen molar-refractivity contribution in [3.05, 3.63) is 29.8 Å². The number of hydrogen-bond donors (Lipinski definition) is 0. The van der Waals surface area contributed by atoms with Crippen LogP contribution in [0.15, 0.2) is 29.2 Å². The largest absolute Gasteiger partial charge is 0.447 e. The van der Waals surface area contributed by atoms with Gasteiger partial charge >= 0.3 is 6.09 Å². The maximum Gasteiger partial charge on any atom is 0.416 e. The van der Waals surface area contributed by atoms with Gasteiger partial charge in [-0.3, -0.25) is 4.79 Å². The highest BCUT2D eigenvalue weighted by atomic mass is 32.2. The Hall–Kier alpha value is -1.93. The van der Waals surface area contributed by atoms with Gasteiger partial charge < -0.3 is 4.74 Å². The molecular weight excluding hydrogens is 380 g/mol. The Bertz CT molecular complexity index is 896. The molecule has 1 aromatic rings. The average Bonchev–Trinajstić information content (AvgIpc) is 3.34. The summed E-state index contributed by atoms with van der Waals surface area (Å²) in [6.45, 7) is 6.00. The Morgan fingerprint density at radius 1 is 1.18 bits per heavy atom. The summed E-state index contributed by atoms with van der Waals surface area (Å²) in [5.74, 6) is -0.704. The maximum absolute atomic E-state index is 13.2. The number of cyclic esters (lactones) is 1. The van der Waals surface area contributed by atoms with E-state index in [1.54, 1.807) is 24.3 Å². The first-order chi connectivity index (χ1) is 13.2. The van der Waals surface area contributed by atoms with Crippen LogP contribution in [-0.4, -0.2) is 54.4 Å². The molecule has 3 aliphatic heterocycles. The van der Waals surface area contributed by atoms with E-state index in [-0.39, 0.29) is 35.4 Å². The van der Waals surface area contributed by atoms with Crippen molar-refractivity contribution >= 4 is 22.0 Å². The number of sulfonamides is 1. The molecule has 0 N–H and O–H groups in total. The van der Waals surface area contributed by atoms with Gasteiger partial charge in [-0.25, -0.2) is 18.1 Å². The molecule has 3 fully saturated rings. The number of fused-ring (bicyclic) bond motifs is 2. The Labute approximate surface area is 165 Å². The molecule has 4 rings (SSSR count). The fraction of sp³-hybridized carbons (Fsp3) is 0.600. The number of carbonyl (C=O) groups excluding carboxylic acids is 2. The lowest BCUT2D eigenvalue weighted by atomic mass is 9.87. The summed E-state index contributed by atoms with van der Waals surface area (Å²) in [5, 5.41) is 0. The highest BCUT2D eigenvalue weighted by Gasteiger charge is 2.56. The predicted molar refractivity (Wildman–Crippen MR) is 102 cm³/mol. The lowest BCUT2D eigenvalue weighted by Crippen LogP contribution is -2.48. The van der Waals surface area contributed by atoms with Crippen LogP contribution in [0.3, 0.4) is 0 Å². The Morgan fingerprint density at radius 3 is 2.50 bits per heavy atom. The van der Waals surface area contributed by atoms with Crippen LogP contribution in [0, 0.1) is 18.8 Å². The molecule has 3 aliphatic rings. The third-order valence-electron chi connectivity index (χ3n) is 6.30. The van der Waals surface area contributed by atoms with Crippen molar-refractivity contribution in [3.63, 3.8) is 0 Å². The molecular formula is C20H26N2O5S. The summed E-state index contributed by atoms with van der Waals surface area (Å²) >= 11 is 0. The number of carbonyl (C=O) groups is 2. The van der Waals surface area contributed by atoms with Crippen LogP contribution in [0.1, 0.15) is 38.7 Å². The average molecular weight is 407 g/mol. The number of benzene rings is 1. The molecule has 0 spiro atoms. The van der Waals surface area contributed by atoms with E-state index in [9.17, 15) is 18.0 Å². The van der Waals surface area contributed by atoms with Crippen LogP contribution in [-0.2, 0) is 19.6 Å². The minimum Gasteiger partial charge on any atom is -0.447 e. The molecule has 0 aliphatic carbocycles. The van der Waals surface area contributed by atoms with Crippen molar-refractivity contribution in [2.24, 2.45) is 11.8 Å². The zero-order valence-electron chi connectivity index (χ0n) is 16.4. The van der Waals surface area contributed by atoms with E-state index in [0.717, 1.165) is 12.0 Å². The fourth-order valence-corrected chi connectivity index (χ4v) is 6.69. The van der Waals surface area contributed by atoms with Crippen molar-refractivity contribution < 1.29 is 22.7 Å². The van der Waals surface area contributed by atoms with Gasteiger partial charge in [0.2, 0.25) is 15.9 Å². The topological polar surface area (TPSA) is 84.0 Å². The van der Waals surface area contributed by atoms with Gasteiger partial charge in [-0.15, -0.1) is 0 Å². The smallest absolute Gasteiger partial charge is 0.416 e. The first-order valence-electron chi connectivity index (χ1n) is 9.82. The lowest BCUT2D eigenvalue weighted by molar-refractivity contribution is -0.134. The van der Waals surface area contributed by atoms with Crippen LogP contribution in [0.4, 0.5) is 4.79 Å². The molecule has 1 aromatic carbocycles. The zero-order chi connectivity index (χ0) is 20.2. The molecule has 28 heavy (non-hydrogen) atoms. The van der Waals surface area contributed by atoms with Crippen molar-refractivity contribution in [3.8, 4) is 0 Å². The van der Waals surface area contributed by atoms with E-state index in [2.05, 4.69) is 0 Å². The summed E-state index contributed by atoms with van der Waals surface area (Å²) < 4.78 is 33.1.